The number of nitrogens with one attached hydrogen (secondary N) is 1. The number of rotatable bonds is 5. The number of carboxylic acids is 1. The third-order valence-corrected chi connectivity index (χ3v) is 3.22. The fourth-order valence-corrected chi connectivity index (χ4v) is 1.86. The molecule has 2 rings (SSSR count). The molecule has 0 amide bonds. The van der Waals surface area contributed by atoms with Crippen molar-refractivity contribution in [3.63, 3.8) is 0 Å². The third kappa shape index (κ3) is 3.75. The summed E-state index contributed by atoms with van der Waals surface area (Å²) in [4.78, 5) is 10.7. The number of carbonyl (C=O) groups is 1. The highest BCUT2D eigenvalue weighted by atomic mass is 19.1. The van der Waals surface area contributed by atoms with E-state index in [0.29, 0.717) is 12.4 Å². The number of aromatic nitrogens is 2. The van der Waals surface area contributed by atoms with Gasteiger partial charge in [-0.2, -0.15) is 0 Å². The maximum atomic E-state index is 12.9. The van der Waals surface area contributed by atoms with Crippen LogP contribution in [0.25, 0.3) is 0 Å². The first-order chi connectivity index (χ1) is 9.88. The molecule has 0 saturated heterocycles. The highest BCUT2D eigenvalue weighted by molar-refractivity contribution is 5.85. The zero-order valence-electron chi connectivity index (χ0n) is 11.8. The van der Waals surface area contributed by atoms with E-state index in [4.69, 9.17) is 5.11 Å². The van der Waals surface area contributed by atoms with Crippen LogP contribution in [-0.4, -0.2) is 27.8 Å². The van der Waals surface area contributed by atoms with E-state index in [1.165, 1.54) is 18.2 Å². The quantitative estimate of drug-likeness (QED) is 0.885. The largest absolute Gasteiger partial charge is 0.476 e. The summed E-state index contributed by atoms with van der Waals surface area (Å²) < 4.78 is 12.9. The molecule has 0 bridgehead atoms. The van der Waals surface area contributed by atoms with Gasteiger partial charge in [0.1, 0.15) is 11.6 Å². The van der Waals surface area contributed by atoms with Crippen molar-refractivity contribution < 1.29 is 14.3 Å². The van der Waals surface area contributed by atoms with Crippen molar-refractivity contribution in [2.24, 2.45) is 0 Å². The minimum Gasteiger partial charge on any atom is -0.476 e. The van der Waals surface area contributed by atoms with E-state index in [0.717, 1.165) is 5.56 Å². The van der Waals surface area contributed by atoms with Gasteiger partial charge in [0.25, 0.3) is 0 Å². The minimum absolute atomic E-state index is 0.0988. The average molecular weight is 289 g/mol. The van der Waals surface area contributed by atoms with Gasteiger partial charge < -0.3 is 10.4 Å². The number of anilines is 1. The Hall–Kier alpha value is -2.50. The van der Waals surface area contributed by atoms with Gasteiger partial charge in [0, 0.05) is 12.0 Å². The van der Waals surface area contributed by atoms with Crippen LogP contribution in [0.5, 0.6) is 0 Å². The second-order valence-electron chi connectivity index (χ2n) is 5.35. The van der Waals surface area contributed by atoms with Crippen molar-refractivity contribution in [2.45, 2.75) is 19.3 Å². The molecule has 0 fully saturated rings. The fourth-order valence-electron chi connectivity index (χ4n) is 1.86. The van der Waals surface area contributed by atoms with E-state index in [1.54, 1.807) is 18.2 Å². The van der Waals surface area contributed by atoms with Gasteiger partial charge in [-0.1, -0.05) is 26.0 Å². The highest BCUT2D eigenvalue weighted by Crippen LogP contribution is 2.23. The van der Waals surface area contributed by atoms with Crippen molar-refractivity contribution in [1.82, 2.24) is 10.2 Å². The predicted octanol–water partition coefficient (Wildman–Crippen LogP) is 2.70. The minimum atomic E-state index is -1.11. The third-order valence-electron chi connectivity index (χ3n) is 3.22. The summed E-state index contributed by atoms with van der Waals surface area (Å²) in [7, 11) is 0. The molecular formula is C15H16FN3O2. The van der Waals surface area contributed by atoms with Crippen molar-refractivity contribution in [3.05, 3.63) is 53.5 Å². The first-order valence-electron chi connectivity index (χ1n) is 6.45. The fraction of sp³-hybridized carbons (Fsp3) is 0.267. The summed E-state index contributed by atoms with van der Waals surface area (Å²) in [5.41, 5.74) is 0.658. The molecule has 2 N–H and O–H groups in total. The second-order valence-corrected chi connectivity index (χ2v) is 5.35. The van der Waals surface area contributed by atoms with Crippen molar-refractivity contribution in [3.8, 4) is 0 Å². The topological polar surface area (TPSA) is 75.1 Å². The average Bonchev–Trinajstić information content (AvgIpc) is 2.46. The van der Waals surface area contributed by atoms with Crippen LogP contribution in [0.4, 0.5) is 10.2 Å². The van der Waals surface area contributed by atoms with Crippen LogP contribution < -0.4 is 5.32 Å². The molecule has 1 aromatic carbocycles. The summed E-state index contributed by atoms with van der Waals surface area (Å²) in [6, 6.07) is 9.31. The molecule has 1 heterocycles. The second kappa shape index (κ2) is 5.87. The Labute approximate surface area is 121 Å². The van der Waals surface area contributed by atoms with E-state index in [2.05, 4.69) is 15.5 Å². The van der Waals surface area contributed by atoms with Crippen molar-refractivity contribution >= 4 is 11.8 Å². The van der Waals surface area contributed by atoms with E-state index in [9.17, 15) is 9.18 Å². The standard InChI is InChI=1S/C15H16FN3O2/c1-15(2,10-3-5-11(16)6-4-10)9-17-13-8-7-12(14(20)21)18-19-13/h3-8H,9H2,1-2H3,(H,17,19)(H,20,21). The number of benzene rings is 1. The molecule has 0 aliphatic carbocycles. The van der Waals surface area contributed by atoms with Crippen LogP contribution in [-0.2, 0) is 5.41 Å². The van der Waals surface area contributed by atoms with Gasteiger partial charge in [-0.15, -0.1) is 10.2 Å². The summed E-state index contributed by atoms with van der Waals surface area (Å²) in [5, 5.41) is 19.3. The Morgan fingerprint density at radius 3 is 2.38 bits per heavy atom. The molecule has 0 spiro atoms. The normalized spacial score (nSPS) is 11.2. The summed E-state index contributed by atoms with van der Waals surface area (Å²) >= 11 is 0. The predicted molar refractivity (Wildman–Crippen MR) is 76.9 cm³/mol. The van der Waals surface area contributed by atoms with Crippen molar-refractivity contribution in [2.75, 3.05) is 11.9 Å². The number of nitrogens with zero attached hydrogens (tertiary/aromatic N) is 2. The van der Waals surface area contributed by atoms with Crippen LogP contribution in [0.2, 0.25) is 0 Å². The van der Waals surface area contributed by atoms with Crippen LogP contribution >= 0.6 is 0 Å². The summed E-state index contributed by atoms with van der Waals surface area (Å²) in [6.07, 6.45) is 0. The van der Waals surface area contributed by atoms with Gasteiger partial charge in [-0.3, -0.25) is 0 Å². The van der Waals surface area contributed by atoms with E-state index in [-0.39, 0.29) is 16.9 Å². The molecule has 0 radical (unpaired) electrons. The molecule has 2 aromatic rings. The molecular weight excluding hydrogens is 273 g/mol. The maximum Gasteiger partial charge on any atom is 0.356 e. The zero-order valence-corrected chi connectivity index (χ0v) is 11.8. The summed E-state index contributed by atoms with van der Waals surface area (Å²) in [6.45, 7) is 4.60. The number of aromatic carboxylic acids is 1. The van der Waals surface area contributed by atoms with Gasteiger partial charge in [-0.05, 0) is 29.8 Å². The molecule has 0 aliphatic heterocycles. The first kappa shape index (κ1) is 14.9. The lowest BCUT2D eigenvalue weighted by Gasteiger charge is -2.25. The molecule has 0 atom stereocenters. The van der Waals surface area contributed by atoms with Gasteiger partial charge in [0.15, 0.2) is 5.69 Å². The highest BCUT2D eigenvalue weighted by Gasteiger charge is 2.20. The molecule has 21 heavy (non-hydrogen) atoms. The van der Waals surface area contributed by atoms with Crippen LogP contribution in [0, 0.1) is 5.82 Å². The first-order valence-corrected chi connectivity index (χ1v) is 6.45. The van der Waals surface area contributed by atoms with Crippen LogP contribution in [0.1, 0.15) is 29.9 Å². The molecule has 0 unspecified atom stereocenters. The number of hydrogen-bond acceptors (Lipinski definition) is 4. The monoisotopic (exact) mass is 289 g/mol. The Bertz CT molecular complexity index is 624. The number of hydrogen-bond donors (Lipinski definition) is 2. The lowest BCUT2D eigenvalue weighted by Crippen LogP contribution is -2.28. The Morgan fingerprint density at radius 1 is 1.19 bits per heavy atom. The number of carboxylic acid groups (broad SMARTS) is 1. The van der Waals surface area contributed by atoms with Crippen molar-refractivity contribution in [1.29, 1.82) is 0 Å². The smallest absolute Gasteiger partial charge is 0.356 e. The van der Waals surface area contributed by atoms with E-state index >= 15 is 0 Å². The molecule has 1 aromatic heterocycles. The van der Waals surface area contributed by atoms with Gasteiger partial charge in [-0.25, -0.2) is 9.18 Å². The Morgan fingerprint density at radius 2 is 1.86 bits per heavy atom. The molecule has 0 saturated carbocycles. The Kier molecular flexibility index (Phi) is 4.16. The molecule has 110 valence electrons. The lowest BCUT2D eigenvalue weighted by atomic mass is 9.84. The van der Waals surface area contributed by atoms with E-state index in [1.807, 2.05) is 13.8 Å². The van der Waals surface area contributed by atoms with Gasteiger partial charge >= 0.3 is 5.97 Å². The maximum absolute atomic E-state index is 12.9. The van der Waals surface area contributed by atoms with E-state index < -0.39 is 5.97 Å². The number of halogens is 1. The Balaban J connectivity index is 2.04. The van der Waals surface area contributed by atoms with Crippen LogP contribution in [0.3, 0.4) is 0 Å². The zero-order chi connectivity index (χ0) is 15.5. The lowest BCUT2D eigenvalue weighted by molar-refractivity contribution is 0.0689. The SMILES string of the molecule is CC(C)(CNc1ccc(C(=O)O)nn1)c1ccc(F)cc1. The van der Waals surface area contributed by atoms with Crippen LogP contribution in [0.15, 0.2) is 36.4 Å². The molecule has 6 heteroatoms. The molecule has 0 aliphatic rings. The van der Waals surface area contributed by atoms with Gasteiger partial charge in [0.05, 0.1) is 0 Å². The summed E-state index contributed by atoms with van der Waals surface area (Å²) in [5.74, 6) is -0.881. The van der Waals surface area contributed by atoms with Gasteiger partial charge in [0.2, 0.25) is 0 Å². The molecule has 5 nitrogen and oxygen atoms in total.